The fraction of sp³-hybridized carbons (Fsp3) is 0.429. The summed E-state index contributed by atoms with van der Waals surface area (Å²) in [6, 6.07) is 3.44. The zero-order valence-electron chi connectivity index (χ0n) is 11.7. The summed E-state index contributed by atoms with van der Waals surface area (Å²) in [6.07, 6.45) is 0. The summed E-state index contributed by atoms with van der Waals surface area (Å²) in [6.45, 7) is 3.57. The first-order chi connectivity index (χ1) is 9.70. The molecule has 2 rings (SSSR count). The normalized spacial score (nSPS) is 22.5. The summed E-state index contributed by atoms with van der Waals surface area (Å²) in [5.74, 6) is -1.83. The Morgan fingerprint density at radius 1 is 1.24 bits per heavy atom. The van der Waals surface area contributed by atoms with E-state index >= 15 is 0 Å². The maximum atomic E-state index is 12.3. The Bertz CT molecular complexity index is 615. The van der Waals surface area contributed by atoms with E-state index in [0.29, 0.717) is 15.9 Å². The van der Waals surface area contributed by atoms with Crippen molar-refractivity contribution >= 4 is 49.4 Å². The van der Waals surface area contributed by atoms with Crippen LogP contribution in [-0.2, 0) is 9.59 Å². The number of rotatable bonds is 4. The van der Waals surface area contributed by atoms with Crippen LogP contribution in [0.1, 0.15) is 13.8 Å². The number of methoxy groups -OCH3 is 1. The van der Waals surface area contributed by atoms with E-state index in [-0.39, 0.29) is 5.91 Å². The molecule has 1 saturated carbocycles. The van der Waals surface area contributed by atoms with Crippen LogP contribution in [0, 0.1) is 17.3 Å². The molecule has 0 bridgehead atoms. The highest BCUT2D eigenvalue weighted by molar-refractivity contribution is 9.11. The zero-order chi connectivity index (χ0) is 15.9. The number of anilines is 1. The van der Waals surface area contributed by atoms with Gasteiger partial charge >= 0.3 is 5.97 Å². The lowest BCUT2D eigenvalue weighted by Gasteiger charge is -2.11. The minimum absolute atomic E-state index is 0.294. The Balaban J connectivity index is 2.20. The van der Waals surface area contributed by atoms with Crippen LogP contribution in [-0.4, -0.2) is 24.1 Å². The largest absolute Gasteiger partial charge is 0.495 e. The minimum atomic E-state index is -0.937. The maximum Gasteiger partial charge on any atom is 0.307 e. The molecular formula is C14H15Br2NO4. The first kappa shape index (κ1) is 16.3. The van der Waals surface area contributed by atoms with Crippen molar-refractivity contribution in [3.05, 3.63) is 21.1 Å². The van der Waals surface area contributed by atoms with Gasteiger partial charge in [-0.05, 0) is 43.3 Å². The Morgan fingerprint density at radius 3 is 2.33 bits per heavy atom. The van der Waals surface area contributed by atoms with Crippen LogP contribution < -0.4 is 10.1 Å². The molecule has 2 N–H and O–H groups in total. The fourth-order valence-corrected chi connectivity index (χ4v) is 3.83. The van der Waals surface area contributed by atoms with Gasteiger partial charge in [-0.1, -0.05) is 13.8 Å². The average Bonchev–Trinajstić information content (AvgIpc) is 2.96. The molecule has 0 spiro atoms. The highest BCUT2D eigenvalue weighted by atomic mass is 79.9. The molecule has 114 valence electrons. The molecule has 2 atom stereocenters. The molecule has 1 aliphatic rings. The number of carbonyl (C=O) groups excluding carboxylic acids is 1. The van der Waals surface area contributed by atoms with E-state index in [1.165, 1.54) is 7.11 Å². The third kappa shape index (κ3) is 2.94. The molecule has 0 saturated heterocycles. The van der Waals surface area contributed by atoms with Gasteiger partial charge in [0.1, 0.15) is 5.75 Å². The molecule has 1 fully saturated rings. The molecule has 0 heterocycles. The van der Waals surface area contributed by atoms with Crippen LogP contribution in [0.2, 0.25) is 0 Å². The molecule has 1 aromatic rings. The number of carboxylic acids is 1. The molecule has 0 aliphatic heterocycles. The molecule has 0 radical (unpaired) electrons. The quantitative estimate of drug-likeness (QED) is 0.781. The molecule has 1 aliphatic carbocycles. The minimum Gasteiger partial charge on any atom is -0.495 e. The predicted molar refractivity (Wildman–Crippen MR) is 85.4 cm³/mol. The number of carbonyl (C=O) groups is 2. The van der Waals surface area contributed by atoms with E-state index in [1.54, 1.807) is 26.0 Å². The summed E-state index contributed by atoms with van der Waals surface area (Å²) in [5, 5.41) is 11.9. The van der Waals surface area contributed by atoms with Crippen molar-refractivity contribution in [3.8, 4) is 5.75 Å². The van der Waals surface area contributed by atoms with Crippen LogP contribution >= 0.6 is 31.9 Å². The lowest BCUT2D eigenvalue weighted by Crippen LogP contribution is -2.18. The van der Waals surface area contributed by atoms with Gasteiger partial charge in [-0.3, -0.25) is 9.59 Å². The van der Waals surface area contributed by atoms with Crippen molar-refractivity contribution in [1.29, 1.82) is 0 Å². The Morgan fingerprint density at radius 2 is 1.86 bits per heavy atom. The number of amides is 1. The second-order valence-corrected chi connectivity index (χ2v) is 7.28. The van der Waals surface area contributed by atoms with Gasteiger partial charge in [-0.25, -0.2) is 0 Å². The Hall–Kier alpha value is -1.08. The third-order valence-electron chi connectivity index (χ3n) is 3.88. The number of aliphatic carboxylic acids is 1. The molecule has 5 nitrogen and oxygen atoms in total. The lowest BCUT2D eigenvalue weighted by atomic mass is 10.1. The predicted octanol–water partition coefficient (Wildman–Crippen LogP) is 3.52. The molecule has 2 unspecified atom stereocenters. The third-order valence-corrected chi connectivity index (χ3v) is 5.15. The van der Waals surface area contributed by atoms with Crippen LogP contribution in [0.4, 0.5) is 5.69 Å². The SMILES string of the molecule is COc1cc(NC(=O)C2C(C(=O)O)C2(C)C)c(Br)cc1Br. The summed E-state index contributed by atoms with van der Waals surface area (Å²) in [5.41, 5.74) is 0.0221. The van der Waals surface area contributed by atoms with Gasteiger partial charge in [-0.15, -0.1) is 0 Å². The van der Waals surface area contributed by atoms with Crippen LogP contribution in [0.15, 0.2) is 21.1 Å². The topological polar surface area (TPSA) is 75.6 Å². The van der Waals surface area contributed by atoms with Crippen molar-refractivity contribution in [3.63, 3.8) is 0 Å². The monoisotopic (exact) mass is 419 g/mol. The fourth-order valence-electron chi connectivity index (χ4n) is 2.58. The van der Waals surface area contributed by atoms with Gasteiger partial charge in [0, 0.05) is 10.5 Å². The van der Waals surface area contributed by atoms with Gasteiger partial charge in [-0.2, -0.15) is 0 Å². The summed E-state index contributed by atoms with van der Waals surface area (Å²) in [7, 11) is 1.53. The van der Waals surface area contributed by atoms with Crippen molar-refractivity contribution < 1.29 is 19.4 Å². The summed E-state index contributed by atoms with van der Waals surface area (Å²) in [4.78, 5) is 23.4. The highest BCUT2D eigenvalue weighted by Crippen LogP contribution is 2.58. The number of ether oxygens (including phenoxy) is 1. The first-order valence-corrected chi connectivity index (χ1v) is 7.85. The van der Waals surface area contributed by atoms with Crippen LogP contribution in [0.3, 0.4) is 0 Å². The van der Waals surface area contributed by atoms with Crippen LogP contribution in [0.5, 0.6) is 5.75 Å². The van der Waals surface area contributed by atoms with Gasteiger partial charge in [0.25, 0.3) is 0 Å². The van der Waals surface area contributed by atoms with Crippen molar-refractivity contribution in [2.75, 3.05) is 12.4 Å². The summed E-state index contributed by atoms with van der Waals surface area (Å²) >= 11 is 6.71. The number of hydrogen-bond donors (Lipinski definition) is 2. The number of hydrogen-bond acceptors (Lipinski definition) is 3. The van der Waals surface area contributed by atoms with E-state index in [1.807, 2.05) is 0 Å². The zero-order valence-corrected chi connectivity index (χ0v) is 14.9. The second-order valence-electron chi connectivity index (χ2n) is 5.57. The Labute approximate surface area is 139 Å². The summed E-state index contributed by atoms with van der Waals surface area (Å²) < 4.78 is 6.63. The highest BCUT2D eigenvalue weighted by Gasteiger charge is 2.65. The lowest BCUT2D eigenvalue weighted by molar-refractivity contribution is -0.140. The number of halogens is 2. The number of carboxylic acid groups (broad SMARTS) is 1. The Kier molecular flexibility index (Phi) is 4.35. The van der Waals surface area contributed by atoms with E-state index in [4.69, 9.17) is 9.84 Å². The van der Waals surface area contributed by atoms with E-state index < -0.39 is 23.2 Å². The van der Waals surface area contributed by atoms with Crippen LogP contribution in [0.25, 0.3) is 0 Å². The molecule has 7 heteroatoms. The van der Waals surface area contributed by atoms with Crippen molar-refractivity contribution in [1.82, 2.24) is 0 Å². The molecular weight excluding hydrogens is 406 g/mol. The van der Waals surface area contributed by atoms with Crippen molar-refractivity contribution in [2.45, 2.75) is 13.8 Å². The average molecular weight is 421 g/mol. The first-order valence-electron chi connectivity index (χ1n) is 6.26. The van der Waals surface area contributed by atoms with Crippen molar-refractivity contribution in [2.24, 2.45) is 17.3 Å². The molecule has 1 amide bonds. The molecule has 21 heavy (non-hydrogen) atoms. The van der Waals surface area contributed by atoms with E-state index in [2.05, 4.69) is 37.2 Å². The smallest absolute Gasteiger partial charge is 0.307 e. The van der Waals surface area contributed by atoms with E-state index in [9.17, 15) is 9.59 Å². The van der Waals surface area contributed by atoms with E-state index in [0.717, 1.165) is 4.47 Å². The molecule has 0 aromatic heterocycles. The van der Waals surface area contributed by atoms with Gasteiger partial charge in [0.15, 0.2) is 0 Å². The van der Waals surface area contributed by atoms with Gasteiger partial charge < -0.3 is 15.2 Å². The maximum absolute atomic E-state index is 12.3. The number of benzene rings is 1. The molecule has 1 aromatic carbocycles. The standard InChI is InChI=1S/C14H15Br2NO4/c1-14(2)10(11(14)13(19)20)12(18)17-8-5-9(21-3)7(16)4-6(8)15/h4-5,10-11H,1-3H3,(H,17,18)(H,19,20). The van der Waals surface area contributed by atoms with Gasteiger partial charge in [0.05, 0.1) is 29.1 Å². The number of nitrogens with one attached hydrogen (secondary N) is 1. The van der Waals surface area contributed by atoms with Gasteiger partial charge in [0.2, 0.25) is 5.91 Å². The second kappa shape index (κ2) is 5.61.